The molecule has 100 valence electrons. The van der Waals surface area contributed by atoms with Crippen LogP contribution in [0.3, 0.4) is 0 Å². The number of hydrogen-bond acceptors (Lipinski definition) is 1. The quantitative estimate of drug-likeness (QED) is 0.853. The Balaban J connectivity index is 2.01. The maximum absolute atomic E-state index is 13.0. The average molecular weight is 326 g/mol. The van der Waals surface area contributed by atoms with Gasteiger partial charge in [0.25, 0.3) is 0 Å². The molecular weight excluding hydrogens is 312 g/mol. The van der Waals surface area contributed by atoms with Crippen LogP contribution < -0.4 is 5.32 Å². The lowest BCUT2D eigenvalue weighted by molar-refractivity contribution is 0.626. The lowest BCUT2D eigenvalue weighted by Crippen LogP contribution is -2.18. The molecule has 0 aliphatic heterocycles. The van der Waals surface area contributed by atoms with Crippen LogP contribution in [0.5, 0.6) is 0 Å². The van der Waals surface area contributed by atoms with E-state index in [2.05, 4.69) is 21.2 Å². The van der Waals surface area contributed by atoms with Crippen LogP contribution in [0, 0.1) is 11.6 Å². The van der Waals surface area contributed by atoms with Crippen molar-refractivity contribution in [1.82, 2.24) is 0 Å². The average Bonchev–Trinajstić information content (AvgIpc) is 2.36. The minimum absolute atomic E-state index is 0.159. The molecule has 0 saturated carbocycles. The SMILES string of the molecule is CC(Cc1ccc(F)cc1)Nc1ccc(F)cc1Br. The van der Waals surface area contributed by atoms with Gasteiger partial charge in [-0.25, -0.2) is 8.78 Å². The number of rotatable bonds is 4. The standard InChI is InChI=1S/C15H14BrF2N/c1-10(8-11-2-4-12(17)5-3-11)19-15-7-6-13(18)9-14(15)16/h2-7,9-10,19H,8H2,1H3. The number of halogens is 3. The molecular formula is C15H14BrF2N. The van der Waals surface area contributed by atoms with Crippen molar-refractivity contribution in [2.75, 3.05) is 5.32 Å². The minimum atomic E-state index is -0.274. The number of benzene rings is 2. The highest BCUT2D eigenvalue weighted by Gasteiger charge is 2.07. The molecule has 1 unspecified atom stereocenters. The maximum Gasteiger partial charge on any atom is 0.124 e. The molecule has 0 bridgehead atoms. The molecule has 0 spiro atoms. The molecule has 19 heavy (non-hydrogen) atoms. The van der Waals surface area contributed by atoms with Gasteiger partial charge in [-0.2, -0.15) is 0 Å². The van der Waals surface area contributed by atoms with Crippen molar-refractivity contribution in [3.8, 4) is 0 Å². The Morgan fingerprint density at radius 1 is 1.05 bits per heavy atom. The van der Waals surface area contributed by atoms with Crippen LogP contribution in [-0.2, 0) is 6.42 Å². The molecule has 0 fully saturated rings. The van der Waals surface area contributed by atoms with Gasteiger partial charge in [0, 0.05) is 16.2 Å². The van der Waals surface area contributed by atoms with E-state index >= 15 is 0 Å². The van der Waals surface area contributed by atoms with E-state index in [1.165, 1.54) is 24.3 Å². The van der Waals surface area contributed by atoms with E-state index < -0.39 is 0 Å². The molecule has 0 aromatic heterocycles. The van der Waals surface area contributed by atoms with Crippen molar-refractivity contribution < 1.29 is 8.78 Å². The molecule has 0 radical (unpaired) electrons. The lowest BCUT2D eigenvalue weighted by atomic mass is 10.1. The third-order valence-electron chi connectivity index (χ3n) is 2.79. The Kier molecular flexibility index (Phi) is 4.53. The fraction of sp³-hybridized carbons (Fsp3) is 0.200. The number of nitrogens with one attached hydrogen (secondary N) is 1. The van der Waals surface area contributed by atoms with Gasteiger partial charge < -0.3 is 5.32 Å². The summed E-state index contributed by atoms with van der Waals surface area (Å²) in [4.78, 5) is 0. The Morgan fingerprint density at radius 3 is 2.32 bits per heavy atom. The largest absolute Gasteiger partial charge is 0.381 e. The second-order valence-corrected chi connectivity index (χ2v) is 5.35. The predicted octanol–water partition coefficient (Wildman–Crippen LogP) is 4.77. The van der Waals surface area contributed by atoms with E-state index in [0.717, 1.165) is 17.7 Å². The van der Waals surface area contributed by atoms with Gasteiger partial charge in [0.05, 0.1) is 0 Å². The van der Waals surface area contributed by atoms with Gasteiger partial charge in [-0.05, 0) is 65.2 Å². The lowest BCUT2D eigenvalue weighted by Gasteiger charge is -2.16. The minimum Gasteiger partial charge on any atom is -0.381 e. The van der Waals surface area contributed by atoms with Crippen molar-refractivity contribution in [2.45, 2.75) is 19.4 Å². The van der Waals surface area contributed by atoms with E-state index in [1.54, 1.807) is 18.2 Å². The molecule has 2 aromatic rings. The van der Waals surface area contributed by atoms with Crippen molar-refractivity contribution in [1.29, 1.82) is 0 Å². The third kappa shape index (κ3) is 4.03. The molecule has 0 aliphatic carbocycles. The van der Waals surface area contributed by atoms with E-state index in [9.17, 15) is 8.78 Å². The Labute approximate surface area is 119 Å². The highest BCUT2D eigenvalue weighted by Crippen LogP contribution is 2.24. The van der Waals surface area contributed by atoms with Crippen molar-refractivity contribution in [3.63, 3.8) is 0 Å². The zero-order chi connectivity index (χ0) is 13.8. The highest BCUT2D eigenvalue weighted by molar-refractivity contribution is 9.10. The fourth-order valence-corrected chi connectivity index (χ4v) is 2.36. The fourth-order valence-electron chi connectivity index (χ4n) is 1.90. The maximum atomic E-state index is 13.0. The summed E-state index contributed by atoms with van der Waals surface area (Å²) < 4.78 is 26.5. The molecule has 2 rings (SSSR count). The van der Waals surface area contributed by atoms with E-state index in [1.807, 2.05) is 6.92 Å². The van der Waals surface area contributed by atoms with Gasteiger partial charge >= 0.3 is 0 Å². The summed E-state index contributed by atoms with van der Waals surface area (Å²) in [5.41, 5.74) is 1.90. The Hall–Kier alpha value is -1.42. The summed E-state index contributed by atoms with van der Waals surface area (Å²) in [5.74, 6) is -0.505. The highest BCUT2D eigenvalue weighted by atomic mass is 79.9. The second-order valence-electron chi connectivity index (χ2n) is 4.50. The molecule has 0 aliphatic rings. The topological polar surface area (TPSA) is 12.0 Å². The van der Waals surface area contributed by atoms with Gasteiger partial charge in [0.2, 0.25) is 0 Å². The zero-order valence-electron chi connectivity index (χ0n) is 10.5. The number of anilines is 1. The Bertz CT molecular complexity index is 555. The first-order valence-corrected chi connectivity index (χ1v) is 6.80. The summed E-state index contributed by atoms with van der Waals surface area (Å²) in [7, 11) is 0. The second kappa shape index (κ2) is 6.15. The van der Waals surface area contributed by atoms with Gasteiger partial charge in [0.15, 0.2) is 0 Å². The van der Waals surface area contributed by atoms with Gasteiger partial charge in [0.1, 0.15) is 11.6 Å². The van der Waals surface area contributed by atoms with Crippen LogP contribution in [-0.4, -0.2) is 6.04 Å². The van der Waals surface area contributed by atoms with E-state index in [4.69, 9.17) is 0 Å². The van der Waals surface area contributed by atoms with Gasteiger partial charge in [-0.3, -0.25) is 0 Å². The summed E-state index contributed by atoms with van der Waals surface area (Å²) >= 11 is 3.32. The normalized spacial score (nSPS) is 12.2. The Morgan fingerprint density at radius 2 is 1.68 bits per heavy atom. The zero-order valence-corrected chi connectivity index (χ0v) is 12.0. The monoisotopic (exact) mass is 325 g/mol. The van der Waals surface area contributed by atoms with Crippen LogP contribution >= 0.6 is 15.9 Å². The van der Waals surface area contributed by atoms with Crippen molar-refractivity contribution in [2.24, 2.45) is 0 Å². The number of hydrogen-bond donors (Lipinski definition) is 1. The molecule has 1 atom stereocenters. The van der Waals surface area contributed by atoms with Crippen LogP contribution in [0.15, 0.2) is 46.9 Å². The first-order valence-electron chi connectivity index (χ1n) is 6.00. The molecule has 1 nitrogen and oxygen atoms in total. The predicted molar refractivity (Wildman–Crippen MR) is 77.3 cm³/mol. The van der Waals surface area contributed by atoms with Crippen LogP contribution in [0.2, 0.25) is 0 Å². The smallest absolute Gasteiger partial charge is 0.124 e. The van der Waals surface area contributed by atoms with Crippen LogP contribution in [0.4, 0.5) is 14.5 Å². The first-order chi connectivity index (χ1) is 9.04. The van der Waals surface area contributed by atoms with E-state index in [0.29, 0.717) is 4.47 Å². The van der Waals surface area contributed by atoms with Gasteiger partial charge in [-0.1, -0.05) is 12.1 Å². The van der Waals surface area contributed by atoms with E-state index in [-0.39, 0.29) is 17.7 Å². The third-order valence-corrected chi connectivity index (χ3v) is 3.44. The first kappa shape index (κ1) is 14.0. The summed E-state index contributed by atoms with van der Waals surface area (Å²) in [6.07, 6.45) is 0.768. The van der Waals surface area contributed by atoms with Crippen LogP contribution in [0.1, 0.15) is 12.5 Å². The molecule has 2 aromatic carbocycles. The van der Waals surface area contributed by atoms with Crippen LogP contribution in [0.25, 0.3) is 0 Å². The molecule has 4 heteroatoms. The summed E-state index contributed by atoms with van der Waals surface area (Å²) in [6, 6.07) is 11.1. The molecule has 0 saturated heterocycles. The summed E-state index contributed by atoms with van der Waals surface area (Å²) in [6.45, 7) is 2.03. The molecule has 1 N–H and O–H groups in total. The molecule has 0 heterocycles. The van der Waals surface area contributed by atoms with Gasteiger partial charge in [-0.15, -0.1) is 0 Å². The summed E-state index contributed by atoms with van der Waals surface area (Å²) in [5, 5.41) is 3.29. The van der Waals surface area contributed by atoms with Crippen molar-refractivity contribution >= 4 is 21.6 Å². The molecule has 0 amide bonds. The van der Waals surface area contributed by atoms with Crippen molar-refractivity contribution in [3.05, 3.63) is 64.1 Å².